The van der Waals surface area contributed by atoms with E-state index in [0.29, 0.717) is 17.9 Å². The molecule has 0 fully saturated rings. The molecule has 0 saturated heterocycles. The molecule has 0 radical (unpaired) electrons. The van der Waals surface area contributed by atoms with Crippen LogP contribution in [0.2, 0.25) is 0 Å². The highest BCUT2D eigenvalue weighted by Crippen LogP contribution is 2.16. The molecule has 0 amide bonds. The fourth-order valence-electron chi connectivity index (χ4n) is 1.27. The Morgan fingerprint density at radius 1 is 1.64 bits per heavy atom. The van der Waals surface area contributed by atoms with Gasteiger partial charge in [0.15, 0.2) is 0 Å². The second kappa shape index (κ2) is 4.43. The molecule has 0 aromatic carbocycles. The fraction of sp³-hybridized carbons (Fsp3) is 0.273. The first-order valence-electron chi connectivity index (χ1n) is 4.42. The average Bonchev–Trinajstić information content (AvgIpc) is 2.14. The van der Waals surface area contributed by atoms with Crippen LogP contribution in [0.1, 0.15) is 16.8 Å². The Balaban J connectivity index is 3.12. The van der Waals surface area contributed by atoms with Gasteiger partial charge in [-0.25, -0.2) is 4.98 Å². The molecule has 1 N–H and O–H groups in total. The monoisotopic (exact) mass is 187 g/mol. The Kier molecular flexibility index (Phi) is 3.24. The first kappa shape index (κ1) is 10.3. The van der Waals surface area contributed by atoms with Gasteiger partial charge in [0.05, 0.1) is 5.56 Å². The van der Waals surface area contributed by atoms with Crippen LogP contribution in [-0.4, -0.2) is 11.5 Å². The molecule has 0 aliphatic heterocycles. The summed E-state index contributed by atoms with van der Waals surface area (Å²) in [7, 11) is 0. The SMILES string of the molecule is C=CCNc1nc(C)cc(C)c1C#N. The third-order valence-corrected chi connectivity index (χ3v) is 1.87. The van der Waals surface area contributed by atoms with Gasteiger partial charge in [-0.2, -0.15) is 5.26 Å². The van der Waals surface area contributed by atoms with E-state index >= 15 is 0 Å². The molecule has 0 aliphatic carbocycles. The van der Waals surface area contributed by atoms with Gasteiger partial charge in [-0.1, -0.05) is 6.08 Å². The van der Waals surface area contributed by atoms with Gasteiger partial charge < -0.3 is 5.32 Å². The molecule has 0 atom stereocenters. The minimum Gasteiger partial charge on any atom is -0.365 e. The van der Waals surface area contributed by atoms with Crippen molar-refractivity contribution in [1.82, 2.24) is 4.98 Å². The van der Waals surface area contributed by atoms with Crippen molar-refractivity contribution in [2.45, 2.75) is 13.8 Å². The summed E-state index contributed by atoms with van der Waals surface area (Å²) in [5.74, 6) is 0.643. The van der Waals surface area contributed by atoms with Crippen LogP contribution in [0, 0.1) is 25.2 Å². The lowest BCUT2D eigenvalue weighted by Crippen LogP contribution is -2.05. The van der Waals surface area contributed by atoms with E-state index in [4.69, 9.17) is 5.26 Å². The fourth-order valence-corrected chi connectivity index (χ4v) is 1.27. The zero-order valence-electron chi connectivity index (χ0n) is 8.46. The summed E-state index contributed by atoms with van der Waals surface area (Å²) >= 11 is 0. The van der Waals surface area contributed by atoms with Crippen LogP contribution in [0.5, 0.6) is 0 Å². The topological polar surface area (TPSA) is 48.7 Å². The maximum absolute atomic E-state index is 8.93. The van der Waals surface area contributed by atoms with Gasteiger partial charge in [0.25, 0.3) is 0 Å². The number of aryl methyl sites for hydroxylation is 2. The van der Waals surface area contributed by atoms with Crippen LogP contribution in [0.3, 0.4) is 0 Å². The normalized spacial score (nSPS) is 9.21. The summed E-state index contributed by atoms with van der Waals surface area (Å²) in [6.45, 7) is 8.04. The molecule has 0 spiro atoms. The van der Waals surface area contributed by atoms with Crippen LogP contribution in [0.15, 0.2) is 18.7 Å². The van der Waals surface area contributed by atoms with Crippen molar-refractivity contribution in [2.24, 2.45) is 0 Å². The first-order chi connectivity index (χ1) is 6.69. The van der Waals surface area contributed by atoms with Gasteiger partial charge in [0.2, 0.25) is 0 Å². The molecular formula is C11H13N3. The highest BCUT2D eigenvalue weighted by atomic mass is 15.0. The second-order valence-corrected chi connectivity index (χ2v) is 3.09. The molecule has 1 rings (SSSR count). The predicted octanol–water partition coefficient (Wildman–Crippen LogP) is 2.17. The van der Waals surface area contributed by atoms with Gasteiger partial charge in [0, 0.05) is 12.2 Å². The van der Waals surface area contributed by atoms with Crippen molar-refractivity contribution in [3.63, 3.8) is 0 Å². The van der Waals surface area contributed by atoms with Gasteiger partial charge in [-0.15, -0.1) is 6.58 Å². The Bertz CT molecular complexity index is 388. The molecule has 0 saturated carbocycles. The highest BCUT2D eigenvalue weighted by Gasteiger charge is 2.06. The molecule has 3 nitrogen and oxygen atoms in total. The van der Waals surface area contributed by atoms with E-state index in [-0.39, 0.29) is 0 Å². The second-order valence-electron chi connectivity index (χ2n) is 3.09. The maximum Gasteiger partial charge on any atom is 0.144 e. The van der Waals surface area contributed by atoms with E-state index in [0.717, 1.165) is 11.3 Å². The predicted molar refractivity (Wildman–Crippen MR) is 57.1 cm³/mol. The Morgan fingerprint density at radius 3 is 2.93 bits per heavy atom. The van der Waals surface area contributed by atoms with Crippen molar-refractivity contribution in [1.29, 1.82) is 5.26 Å². The lowest BCUT2D eigenvalue weighted by atomic mass is 10.1. The summed E-state index contributed by atoms with van der Waals surface area (Å²) < 4.78 is 0. The van der Waals surface area contributed by atoms with E-state index < -0.39 is 0 Å². The molecule has 1 aromatic rings. The summed E-state index contributed by atoms with van der Waals surface area (Å²) in [6.07, 6.45) is 1.74. The van der Waals surface area contributed by atoms with Crippen molar-refractivity contribution in [3.8, 4) is 6.07 Å². The van der Waals surface area contributed by atoms with E-state index in [2.05, 4.69) is 22.9 Å². The molecule has 14 heavy (non-hydrogen) atoms. The lowest BCUT2D eigenvalue weighted by molar-refractivity contribution is 1.13. The third-order valence-electron chi connectivity index (χ3n) is 1.87. The number of nitriles is 1. The number of anilines is 1. The van der Waals surface area contributed by atoms with Gasteiger partial charge in [-0.05, 0) is 25.5 Å². The summed E-state index contributed by atoms with van der Waals surface area (Å²) in [4.78, 5) is 4.26. The third kappa shape index (κ3) is 2.11. The smallest absolute Gasteiger partial charge is 0.144 e. The van der Waals surface area contributed by atoms with Crippen LogP contribution in [0.25, 0.3) is 0 Å². The van der Waals surface area contributed by atoms with Crippen LogP contribution < -0.4 is 5.32 Å². The molecule has 0 unspecified atom stereocenters. The van der Waals surface area contributed by atoms with Crippen molar-refractivity contribution in [2.75, 3.05) is 11.9 Å². The molecule has 1 heterocycles. The van der Waals surface area contributed by atoms with E-state index in [1.54, 1.807) is 6.08 Å². The molecule has 0 bridgehead atoms. The van der Waals surface area contributed by atoms with Crippen molar-refractivity contribution < 1.29 is 0 Å². The Morgan fingerprint density at radius 2 is 2.36 bits per heavy atom. The molecule has 0 aliphatic rings. The van der Waals surface area contributed by atoms with Gasteiger partial charge in [0.1, 0.15) is 11.9 Å². The van der Waals surface area contributed by atoms with Gasteiger partial charge >= 0.3 is 0 Å². The summed E-state index contributed by atoms with van der Waals surface area (Å²) in [5, 5.41) is 12.0. The Hall–Kier alpha value is -1.82. The van der Waals surface area contributed by atoms with Crippen LogP contribution in [0.4, 0.5) is 5.82 Å². The Labute approximate surface area is 84.1 Å². The van der Waals surface area contributed by atoms with E-state index in [1.165, 1.54) is 0 Å². The quantitative estimate of drug-likeness (QED) is 0.738. The number of hydrogen-bond acceptors (Lipinski definition) is 3. The summed E-state index contributed by atoms with van der Waals surface area (Å²) in [6, 6.07) is 4.04. The van der Waals surface area contributed by atoms with E-state index in [9.17, 15) is 0 Å². The molecule has 1 aromatic heterocycles. The number of nitrogens with one attached hydrogen (secondary N) is 1. The zero-order chi connectivity index (χ0) is 10.6. The lowest BCUT2D eigenvalue weighted by Gasteiger charge is -2.08. The van der Waals surface area contributed by atoms with Crippen molar-refractivity contribution in [3.05, 3.63) is 35.5 Å². The largest absolute Gasteiger partial charge is 0.365 e. The van der Waals surface area contributed by atoms with Gasteiger partial charge in [-0.3, -0.25) is 0 Å². The highest BCUT2D eigenvalue weighted by molar-refractivity contribution is 5.56. The maximum atomic E-state index is 8.93. The number of rotatable bonds is 3. The minimum atomic E-state index is 0.609. The number of pyridine rings is 1. The van der Waals surface area contributed by atoms with Crippen LogP contribution in [-0.2, 0) is 0 Å². The zero-order valence-corrected chi connectivity index (χ0v) is 8.46. The average molecular weight is 187 g/mol. The van der Waals surface area contributed by atoms with Crippen molar-refractivity contribution >= 4 is 5.82 Å². The molecular weight excluding hydrogens is 174 g/mol. The number of hydrogen-bond donors (Lipinski definition) is 1. The van der Waals surface area contributed by atoms with E-state index in [1.807, 2.05) is 19.9 Å². The van der Waals surface area contributed by atoms with Crippen LogP contribution >= 0.6 is 0 Å². The summed E-state index contributed by atoms with van der Waals surface area (Å²) in [5.41, 5.74) is 2.47. The number of aromatic nitrogens is 1. The standard InChI is InChI=1S/C11H13N3/c1-4-5-13-11-10(7-12)8(2)6-9(3)14-11/h4,6H,1,5H2,2-3H3,(H,13,14). The minimum absolute atomic E-state index is 0.609. The number of nitrogens with zero attached hydrogens (tertiary/aromatic N) is 2. The first-order valence-corrected chi connectivity index (χ1v) is 4.42. The molecule has 3 heteroatoms. The molecule has 72 valence electrons.